The number of nitrogens with zero attached hydrogens (tertiary/aromatic N) is 2. The third-order valence-corrected chi connectivity index (χ3v) is 3.83. The van der Waals surface area contributed by atoms with Gasteiger partial charge in [-0.2, -0.15) is 0 Å². The van der Waals surface area contributed by atoms with Gasteiger partial charge in [0.2, 0.25) is 0 Å². The molecule has 1 aromatic rings. The number of carbonyl (C=O) groups is 1. The van der Waals surface area contributed by atoms with Crippen molar-refractivity contribution in [3.05, 3.63) is 15.6 Å². The van der Waals surface area contributed by atoms with Crippen LogP contribution in [0.3, 0.4) is 0 Å². The summed E-state index contributed by atoms with van der Waals surface area (Å²) >= 11 is 1.57. The van der Waals surface area contributed by atoms with Crippen LogP contribution in [0.4, 0.5) is 0 Å². The number of hydrogen-bond donors (Lipinski definition) is 0. The summed E-state index contributed by atoms with van der Waals surface area (Å²) in [5, 5.41) is 0.679. The Balaban J connectivity index is 2.15. The average molecular weight is 224 g/mol. The molecule has 0 saturated heterocycles. The fourth-order valence-corrected chi connectivity index (χ4v) is 2.95. The van der Waals surface area contributed by atoms with Gasteiger partial charge < -0.3 is 0 Å². The molecule has 82 valence electrons. The van der Waals surface area contributed by atoms with Crippen LogP contribution in [0.2, 0.25) is 0 Å². The number of ketones is 1. The summed E-state index contributed by atoms with van der Waals surface area (Å²) in [6.07, 6.45) is 2.19. The Morgan fingerprint density at radius 1 is 1.60 bits per heavy atom. The van der Waals surface area contributed by atoms with E-state index in [0.717, 1.165) is 31.7 Å². The van der Waals surface area contributed by atoms with Crippen molar-refractivity contribution in [3.8, 4) is 0 Å². The van der Waals surface area contributed by atoms with Crippen LogP contribution in [-0.2, 0) is 13.0 Å². The number of rotatable bonds is 3. The molecule has 0 unspecified atom stereocenters. The van der Waals surface area contributed by atoms with E-state index in [-0.39, 0.29) is 5.78 Å². The first-order chi connectivity index (χ1) is 7.20. The molecule has 0 aliphatic carbocycles. The van der Waals surface area contributed by atoms with Crippen LogP contribution < -0.4 is 0 Å². The van der Waals surface area contributed by atoms with E-state index in [2.05, 4.69) is 16.8 Å². The van der Waals surface area contributed by atoms with E-state index >= 15 is 0 Å². The van der Waals surface area contributed by atoms with E-state index in [4.69, 9.17) is 0 Å². The summed E-state index contributed by atoms with van der Waals surface area (Å²) in [4.78, 5) is 19.3. The van der Waals surface area contributed by atoms with E-state index in [9.17, 15) is 4.79 Å². The van der Waals surface area contributed by atoms with Crippen molar-refractivity contribution < 1.29 is 4.79 Å². The second-order valence-corrected chi connectivity index (χ2v) is 5.05. The van der Waals surface area contributed by atoms with Crippen LogP contribution >= 0.6 is 11.3 Å². The molecule has 0 radical (unpaired) electrons. The van der Waals surface area contributed by atoms with E-state index in [1.165, 1.54) is 11.3 Å². The molecule has 0 N–H and O–H groups in total. The third-order valence-electron chi connectivity index (χ3n) is 2.65. The van der Waals surface area contributed by atoms with Gasteiger partial charge in [-0.05, 0) is 13.0 Å². The van der Waals surface area contributed by atoms with E-state index in [1.807, 2.05) is 0 Å². The molecule has 0 atom stereocenters. The molecule has 0 saturated carbocycles. The number of carbonyl (C=O) groups excluding carboxylic acids is 1. The smallest absolute Gasteiger partial charge is 0.188 e. The lowest BCUT2D eigenvalue weighted by molar-refractivity contribution is 0.101. The Labute approximate surface area is 94.1 Å². The minimum atomic E-state index is 0.0939. The highest BCUT2D eigenvalue weighted by Gasteiger charge is 2.20. The second-order valence-electron chi connectivity index (χ2n) is 3.97. The summed E-state index contributed by atoms with van der Waals surface area (Å²) < 4.78 is 0. The van der Waals surface area contributed by atoms with E-state index in [0.29, 0.717) is 5.01 Å². The van der Waals surface area contributed by atoms with Gasteiger partial charge in [-0.15, -0.1) is 11.3 Å². The second kappa shape index (κ2) is 4.41. The molecule has 3 nitrogen and oxygen atoms in total. The van der Waals surface area contributed by atoms with Crippen LogP contribution in [0.25, 0.3) is 0 Å². The van der Waals surface area contributed by atoms with Gasteiger partial charge in [0, 0.05) is 31.3 Å². The summed E-state index contributed by atoms with van der Waals surface area (Å²) in [5.41, 5.74) is 1.15. The number of fused-ring (bicyclic) bond motifs is 1. The normalized spacial score (nSPS) is 16.4. The zero-order chi connectivity index (χ0) is 10.8. The van der Waals surface area contributed by atoms with E-state index < -0.39 is 0 Å². The number of Topliss-reactive ketones (excluding diaryl/α,β-unsaturated/α-hetero) is 1. The quantitative estimate of drug-likeness (QED) is 0.737. The molecule has 4 heteroatoms. The van der Waals surface area contributed by atoms with Crippen molar-refractivity contribution in [3.63, 3.8) is 0 Å². The minimum absolute atomic E-state index is 0.0939. The zero-order valence-electron chi connectivity index (χ0n) is 9.25. The number of thiazole rings is 1. The lowest BCUT2D eigenvalue weighted by Crippen LogP contribution is -2.30. The van der Waals surface area contributed by atoms with Crippen molar-refractivity contribution in [1.82, 2.24) is 9.88 Å². The molecule has 2 rings (SSSR count). The highest BCUT2D eigenvalue weighted by Crippen LogP contribution is 2.25. The lowest BCUT2D eigenvalue weighted by Gasteiger charge is -2.25. The predicted molar refractivity (Wildman–Crippen MR) is 61.4 cm³/mol. The van der Waals surface area contributed by atoms with Gasteiger partial charge >= 0.3 is 0 Å². The predicted octanol–water partition coefficient (Wildman–Crippen LogP) is 2.11. The molecule has 2 heterocycles. The highest BCUT2D eigenvalue weighted by atomic mass is 32.1. The van der Waals surface area contributed by atoms with Crippen LogP contribution in [0.5, 0.6) is 0 Å². The Hall–Kier alpha value is -0.740. The van der Waals surface area contributed by atoms with E-state index in [1.54, 1.807) is 18.3 Å². The minimum Gasteiger partial charge on any atom is -0.298 e. The Bertz CT molecular complexity index is 373. The summed E-state index contributed by atoms with van der Waals surface area (Å²) in [7, 11) is 0. The van der Waals surface area contributed by atoms with Crippen LogP contribution in [0, 0.1) is 0 Å². The van der Waals surface area contributed by atoms with Crippen LogP contribution in [-0.4, -0.2) is 28.8 Å². The molecule has 0 aromatic carbocycles. The molecular weight excluding hydrogens is 208 g/mol. The maximum atomic E-state index is 11.2. The molecule has 15 heavy (non-hydrogen) atoms. The van der Waals surface area contributed by atoms with Crippen molar-refractivity contribution in [2.75, 3.05) is 13.1 Å². The first-order valence-corrected chi connectivity index (χ1v) is 6.24. The Kier molecular flexibility index (Phi) is 3.17. The SMILES string of the molecule is CCCN1CCc2nc(C(C)=O)sc2C1. The summed E-state index contributed by atoms with van der Waals surface area (Å²) in [6.45, 7) is 7.00. The van der Waals surface area contributed by atoms with Crippen molar-refractivity contribution in [2.24, 2.45) is 0 Å². The molecule has 0 amide bonds. The summed E-state index contributed by atoms with van der Waals surface area (Å²) in [6, 6.07) is 0. The maximum absolute atomic E-state index is 11.2. The third kappa shape index (κ3) is 2.26. The molecule has 0 fully saturated rings. The Morgan fingerprint density at radius 3 is 3.07 bits per heavy atom. The maximum Gasteiger partial charge on any atom is 0.188 e. The van der Waals surface area contributed by atoms with Gasteiger partial charge in [0.15, 0.2) is 10.8 Å². The van der Waals surface area contributed by atoms with Gasteiger partial charge in [-0.3, -0.25) is 9.69 Å². The van der Waals surface area contributed by atoms with Crippen molar-refractivity contribution in [1.29, 1.82) is 0 Å². The number of aromatic nitrogens is 1. The van der Waals surface area contributed by atoms with Gasteiger partial charge in [-0.1, -0.05) is 6.92 Å². The molecular formula is C11H16N2OS. The van der Waals surface area contributed by atoms with Gasteiger partial charge in [-0.25, -0.2) is 4.98 Å². The molecule has 0 spiro atoms. The van der Waals surface area contributed by atoms with Gasteiger partial charge in [0.05, 0.1) is 5.69 Å². The first-order valence-electron chi connectivity index (χ1n) is 5.42. The number of hydrogen-bond acceptors (Lipinski definition) is 4. The molecule has 0 bridgehead atoms. The largest absolute Gasteiger partial charge is 0.298 e. The van der Waals surface area contributed by atoms with Gasteiger partial charge in [0.25, 0.3) is 0 Å². The topological polar surface area (TPSA) is 33.2 Å². The monoisotopic (exact) mass is 224 g/mol. The highest BCUT2D eigenvalue weighted by molar-refractivity contribution is 7.13. The Morgan fingerprint density at radius 2 is 2.40 bits per heavy atom. The fraction of sp³-hybridized carbons (Fsp3) is 0.636. The molecule has 1 aliphatic heterocycles. The first kappa shape index (κ1) is 10.8. The van der Waals surface area contributed by atoms with Crippen LogP contribution in [0.15, 0.2) is 0 Å². The standard InChI is InChI=1S/C11H16N2OS/c1-3-5-13-6-4-9-10(7-13)15-11(12-9)8(2)14/h3-7H2,1-2H3. The molecule has 1 aliphatic rings. The molecule has 1 aromatic heterocycles. The summed E-state index contributed by atoms with van der Waals surface area (Å²) in [5.74, 6) is 0.0939. The zero-order valence-corrected chi connectivity index (χ0v) is 10.1. The lowest BCUT2D eigenvalue weighted by atomic mass is 10.2. The van der Waals surface area contributed by atoms with Crippen molar-refractivity contribution >= 4 is 17.1 Å². The van der Waals surface area contributed by atoms with Gasteiger partial charge in [0.1, 0.15) is 0 Å². The fourth-order valence-electron chi connectivity index (χ4n) is 1.91. The average Bonchev–Trinajstić information content (AvgIpc) is 2.61. The van der Waals surface area contributed by atoms with Crippen molar-refractivity contribution in [2.45, 2.75) is 33.2 Å². The van der Waals surface area contributed by atoms with Crippen LogP contribution in [0.1, 0.15) is 40.6 Å².